The van der Waals surface area contributed by atoms with Crippen molar-refractivity contribution in [3.63, 3.8) is 0 Å². The first-order valence-corrected chi connectivity index (χ1v) is 3.20. The zero-order valence-electron chi connectivity index (χ0n) is 5.01. The highest BCUT2D eigenvalue weighted by atomic mass is 127. The average molecular weight is 300 g/mol. The van der Waals surface area contributed by atoms with Crippen molar-refractivity contribution in [2.24, 2.45) is 7.05 Å². The summed E-state index contributed by atoms with van der Waals surface area (Å²) < 4.78 is 3.10. The number of halogens is 2. The minimum Gasteiger partial charge on any atom is -1.00 e. The van der Waals surface area contributed by atoms with E-state index in [2.05, 4.69) is 15.9 Å². The summed E-state index contributed by atoms with van der Waals surface area (Å²) in [6, 6.07) is 5.98. The molecule has 1 aromatic rings. The zero-order valence-corrected chi connectivity index (χ0v) is 8.76. The minimum atomic E-state index is 0. The molecule has 0 aliphatic rings. The Morgan fingerprint density at radius 1 is 1.44 bits per heavy atom. The van der Waals surface area contributed by atoms with Crippen molar-refractivity contribution < 1.29 is 28.5 Å². The van der Waals surface area contributed by atoms with Gasteiger partial charge in [0.15, 0.2) is 6.20 Å². The van der Waals surface area contributed by atoms with Crippen LogP contribution in [0, 0.1) is 0 Å². The van der Waals surface area contributed by atoms with Crippen molar-refractivity contribution in [1.29, 1.82) is 0 Å². The molecule has 0 aliphatic carbocycles. The molecule has 0 N–H and O–H groups in total. The van der Waals surface area contributed by atoms with Crippen LogP contribution in [0.2, 0.25) is 0 Å². The van der Waals surface area contributed by atoms with Gasteiger partial charge in [0.2, 0.25) is 4.60 Å². The summed E-state index contributed by atoms with van der Waals surface area (Å²) in [5.74, 6) is 0. The predicted octanol–water partition coefficient (Wildman–Crippen LogP) is -1.72. The van der Waals surface area contributed by atoms with Crippen molar-refractivity contribution in [2.75, 3.05) is 0 Å². The summed E-state index contributed by atoms with van der Waals surface area (Å²) in [6.45, 7) is 0. The van der Waals surface area contributed by atoms with Crippen LogP contribution in [0.4, 0.5) is 0 Å². The Balaban J connectivity index is 0.000000640. The third-order valence-corrected chi connectivity index (χ3v) is 1.82. The fourth-order valence-electron chi connectivity index (χ4n) is 0.503. The Bertz CT molecular complexity index is 169. The molecule has 0 radical (unpaired) electrons. The maximum absolute atomic E-state index is 3.36. The molecule has 0 saturated heterocycles. The SMILES string of the molecule is C[n+]1ccccc1Br.[I-]. The van der Waals surface area contributed by atoms with Crippen molar-refractivity contribution in [3.8, 4) is 0 Å². The molecule has 0 amide bonds. The third-order valence-electron chi connectivity index (χ3n) is 0.991. The summed E-state index contributed by atoms with van der Waals surface area (Å²) in [5, 5.41) is 0. The molecule has 1 rings (SSSR count). The number of aromatic nitrogens is 1. The van der Waals surface area contributed by atoms with Gasteiger partial charge in [-0.1, -0.05) is 0 Å². The number of rotatable bonds is 0. The number of nitrogens with zero attached hydrogens (tertiary/aromatic N) is 1. The summed E-state index contributed by atoms with van der Waals surface area (Å²) in [5.41, 5.74) is 0. The second-order valence-corrected chi connectivity index (χ2v) is 2.45. The maximum atomic E-state index is 3.36. The van der Waals surface area contributed by atoms with Crippen LogP contribution < -0.4 is 28.5 Å². The second-order valence-electron chi connectivity index (χ2n) is 1.63. The topological polar surface area (TPSA) is 3.88 Å². The molecule has 0 aromatic carbocycles. The first-order chi connectivity index (χ1) is 3.80. The van der Waals surface area contributed by atoms with E-state index in [9.17, 15) is 0 Å². The average Bonchev–Trinajstić information content (AvgIpc) is 1.77. The Morgan fingerprint density at radius 3 is 2.44 bits per heavy atom. The fraction of sp³-hybridized carbons (Fsp3) is 0.167. The van der Waals surface area contributed by atoms with Gasteiger partial charge in [-0.2, -0.15) is 4.57 Å². The van der Waals surface area contributed by atoms with E-state index in [1.54, 1.807) is 0 Å². The molecule has 0 fully saturated rings. The Hall–Kier alpha value is 0.360. The molecule has 1 nitrogen and oxygen atoms in total. The van der Waals surface area contributed by atoms with Crippen molar-refractivity contribution >= 4 is 15.9 Å². The van der Waals surface area contributed by atoms with Gasteiger partial charge in [-0.05, 0) is 6.07 Å². The highest BCUT2D eigenvalue weighted by Gasteiger charge is 1.94. The quantitative estimate of drug-likeness (QED) is 0.305. The van der Waals surface area contributed by atoms with Crippen LogP contribution in [0.1, 0.15) is 0 Å². The van der Waals surface area contributed by atoms with E-state index in [0.717, 1.165) is 4.60 Å². The molecule has 0 spiro atoms. The molecule has 1 heterocycles. The summed E-state index contributed by atoms with van der Waals surface area (Å²) in [6.07, 6.45) is 1.99. The first kappa shape index (κ1) is 9.36. The van der Waals surface area contributed by atoms with Crippen LogP contribution in [-0.4, -0.2) is 0 Å². The van der Waals surface area contributed by atoms with Gasteiger partial charge in [0.1, 0.15) is 7.05 Å². The van der Waals surface area contributed by atoms with Crippen molar-refractivity contribution in [1.82, 2.24) is 0 Å². The lowest BCUT2D eigenvalue weighted by Crippen LogP contribution is -3.00. The normalized spacial score (nSPS) is 8.22. The predicted molar refractivity (Wildman–Crippen MR) is 35.3 cm³/mol. The lowest BCUT2D eigenvalue weighted by atomic mass is 10.5. The molecule has 0 bridgehead atoms. The number of aryl methyl sites for hydroxylation is 1. The van der Waals surface area contributed by atoms with Gasteiger partial charge in [-0.15, -0.1) is 0 Å². The largest absolute Gasteiger partial charge is 1.00 e. The molecule has 0 saturated carbocycles. The Labute approximate surface area is 80.2 Å². The Morgan fingerprint density at radius 2 is 2.11 bits per heavy atom. The van der Waals surface area contributed by atoms with E-state index in [4.69, 9.17) is 0 Å². The number of pyridine rings is 1. The fourth-order valence-corrected chi connectivity index (χ4v) is 0.773. The van der Waals surface area contributed by atoms with Gasteiger partial charge >= 0.3 is 0 Å². The Kier molecular flexibility index (Phi) is 4.39. The van der Waals surface area contributed by atoms with E-state index in [1.807, 2.05) is 36.0 Å². The first-order valence-electron chi connectivity index (χ1n) is 2.41. The third kappa shape index (κ3) is 2.62. The summed E-state index contributed by atoms with van der Waals surface area (Å²) in [4.78, 5) is 0. The molecule has 9 heavy (non-hydrogen) atoms. The molecule has 3 heteroatoms. The summed E-state index contributed by atoms with van der Waals surface area (Å²) >= 11 is 3.36. The highest BCUT2D eigenvalue weighted by molar-refractivity contribution is 9.10. The van der Waals surface area contributed by atoms with E-state index in [-0.39, 0.29) is 24.0 Å². The number of hydrogen-bond acceptors (Lipinski definition) is 0. The second kappa shape index (κ2) is 4.22. The van der Waals surface area contributed by atoms with E-state index >= 15 is 0 Å². The van der Waals surface area contributed by atoms with E-state index in [1.165, 1.54) is 0 Å². The molecular formula is C6H7BrIN. The molecule has 0 atom stereocenters. The monoisotopic (exact) mass is 299 g/mol. The maximum Gasteiger partial charge on any atom is 0.247 e. The van der Waals surface area contributed by atoms with Gasteiger partial charge < -0.3 is 24.0 Å². The van der Waals surface area contributed by atoms with Crippen LogP contribution in [0.5, 0.6) is 0 Å². The molecule has 0 aliphatic heterocycles. The standard InChI is InChI=1S/C6H7BrN.HI/c1-8-5-3-2-4-6(8)7;/h2-5H,1H3;1H/q+1;/p-1. The van der Waals surface area contributed by atoms with E-state index in [0.29, 0.717) is 0 Å². The smallest absolute Gasteiger partial charge is 0.247 e. The highest BCUT2D eigenvalue weighted by Crippen LogP contribution is 1.97. The van der Waals surface area contributed by atoms with Gasteiger partial charge in [-0.25, -0.2) is 0 Å². The lowest BCUT2D eigenvalue weighted by Gasteiger charge is -1.85. The van der Waals surface area contributed by atoms with Crippen molar-refractivity contribution in [3.05, 3.63) is 29.0 Å². The van der Waals surface area contributed by atoms with E-state index < -0.39 is 0 Å². The van der Waals surface area contributed by atoms with Crippen LogP contribution >= 0.6 is 15.9 Å². The van der Waals surface area contributed by atoms with Crippen LogP contribution in [0.15, 0.2) is 29.0 Å². The van der Waals surface area contributed by atoms with Crippen LogP contribution in [0.25, 0.3) is 0 Å². The van der Waals surface area contributed by atoms with Crippen LogP contribution in [-0.2, 0) is 7.05 Å². The number of hydrogen-bond donors (Lipinski definition) is 0. The molecule has 1 aromatic heterocycles. The van der Waals surface area contributed by atoms with Crippen LogP contribution in [0.3, 0.4) is 0 Å². The zero-order chi connectivity index (χ0) is 5.98. The van der Waals surface area contributed by atoms with Gasteiger partial charge in [0.05, 0.1) is 0 Å². The molecule has 0 unspecified atom stereocenters. The minimum absolute atomic E-state index is 0. The van der Waals surface area contributed by atoms with Gasteiger partial charge in [-0.3, -0.25) is 0 Å². The van der Waals surface area contributed by atoms with Gasteiger partial charge in [0.25, 0.3) is 0 Å². The summed E-state index contributed by atoms with van der Waals surface area (Å²) in [7, 11) is 1.99. The van der Waals surface area contributed by atoms with Crippen molar-refractivity contribution in [2.45, 2.75) is 0 Å². The lowest BCUT2D eigenvalue weighted by molar-refractivity contribution is -0.682. The molecular weight excluding hydrogens is 293 g/mol. The van der Waals surface area contributed by atoms with Gasteiger partial charge in [0, 0.05) is 28.1 Å². The molecule has 50 valence electrons.